The molecule has 0 unspecified atom stereocenters. The van der Waals surface area contributed by atoms with Crippen LogP contribution in [0.15, 0.2) is 18.2 Å². The molecule has 20 heavy (non-hydrogen) atoms. The molecule has 0 spiro atoms. The summed E-state index contributed by atoms with van der Waals surface area (Å²) in [5.74, 6) is 1.08. The first-order chi connectivity index (χ1) is 9.65. The predicted octanol–water partition coefficient (Wildman–Crippen LogP) is 4.32. The van der Waals surface area contributed by atoms with Crippen molar-refractivity contribution in [3.05, 3.63) is 23.2 Å². The number of halogens is 1. The largest absolute Gasteiger partial charge is 0.399 e. The highest BCUT2D eigenvalue weighted by Crippen LogP contribution is 2.30. The second kappa shape index (κ2) is 7.79. The molecule has 0 heterocycles. The highest BCUT2D eigenvalue weighted by molar-refractivity contribution is 7.99. The Kier molecular flexibility index (Phi) is 6.05. The van der Waals surface area contributed by atoms with Gasteiger partial charge in [-0.3, -0.25) is 4.79 Å². The van der Waals surface area contributed by atoms with E-state index in [1.165, 1.54) is 25.7 Å². The molecule has 1 fully saturated rings. The number of carbonyl (C=O) groups excluding carboxylic acids is 1. The number of amides is 1. The lowest BCUT2D eigenvalue weighted by Crippen LogP contribution is -2.12. The Morgan fingerprint density at radius 3 is 2.85 bits per heavy atom. The Morgan fingerprint density at radius 2 is 2.15 bits per heavy atom. The van der Waals surface area contributed by atoms with E-state index in [0.29, 0.717) is 22.8 Å². The van der Waals surface area contributed by atoms with Crippen molar-refractivity contribution in [2.24, 2.45) is 0 Å². The zero-order valence-corrected chi connectivity index (χ0v) is 13.1. The third-order valence-electron chi connectivity index (χ3n) is 3.47. The first-order valence-corrected chi connectivity index (χ1v) is 8.54. The van der Waals surface area contributed by atoms with Crippen LogP contribution in [0.2, 0.25) is 5.02 Å². The maximum absolute atomic E-state index is 11.8. The van der Waals surface area contributed by atoms with Crippen molar-refractivity contribution in [3.63, 3.8) is 0 Å². The third kappa shape index (κ3) is 4.91. The Morgan fingerprint density at radius 1 is 1.40 bits per heavy atom. The van der Waals surface area contributed by atoms with E-state index in [4.69, 9.17) is 17.3 Å². The minimum Gasteiger partial charge on any atom is -0.399 e. The van der Waals surface area contributed by atoms with Gasteiger partial charge in [0.15, 0.2) is 0 Å². The Balaban J connectivity index is 1.67. The zero-order valence-electron chi connectivity index (χ0n) is 11.5. The molecule has 110 valence electrons. The SMILES string of the molecule is Nc1ccc(NC(=O)CCCSC2CCCC2)c(Cl)c1. The van der Waals surface area contributed by atoms with Gasteiger partial charge in [0, 0.05) is 17.4 Å². The summed E-state index contributed by atoms with van der Waals surface area (Å²) in [5, 5.41) is 4.14. The van der Waals surface area contributed by atoms with E-state index in [-0.39, 0.29) is 5.91 Å². The molecule has 1 aromatic carbocycles. The number of nitrogens with two attached hydrogens (primary N) is 1. The van der Waals surface area contributed by atoms with Crippen molar-refractivity contribution in [1.29, 1.82) is 0 Å². The van der Waals surface area contributed by atoms with Crippen LogP contribution in [0.3, 0.4) is 0 Å². The first-order valence-electron chi connectivity index (χ1n) is 7.11. The molecule has 3 N–H and O–H groups in total. The van der Waals surface area contributed by atoms with E-state index < -0.39 is 0 Å². The predicted molar refractivity (Wildman–Crippen MR) is 88.4 cm³/mol. The summed E-state index contributed by atoms with van der Waals surface area (Å²) >= 11 is 8.04. The van der Waals surface area contributed by atoms with Crippen molar-refractivity contribution in [3.8, 4) is 0 Å². The van der Waals surface area contributed by atoms with Crippen molar-refractivity contribution >= 4 is 40.6 Å². The van der Waals surface area contributed by atoms with Crippen LogP contribution >= 0.6 is 23.4 Å². The van der Waals surface area contributed by atoms with Gasteiger partial charge >= 0.3 is 0 Å². The van der Waals surface area contributed by atoms with E-state index in [0.717, 1.165) is 17.4 Å². The van der Waals surface area contributed by atoms with Crippen LogP contribution in [0.4, 0.5) is 11.4 Å². The molecular weight excluding hydrogens is 292 g/mol. The summed E-state index contributed by atoms with van der Waals surface area (Å²) in [6.45, 7) is 0. The van der Waals surface area contributed by atoms with Gasteiger partial charge < -0.3 is 11.1 Å². The quantitative estimate of drug-likeness (QED) is 0.607. The average Bonchev–Trinajstić information content (AvgIpc) is 2.91. The lowest BCUT2D eigenvalue weighted by Gasteiger charge is -2.09. The molecule has 0 atom stereocenters. The monoisotopic (exact) mass is 312 g/mol. The number of rotatable bonds is 6. The number of anilines is 2. The molecule has 0 bridgehead atoms. The van der Waals surface area contributed by atoms with E-state index in [1.54, 1.807) is 18.2 Å². The topological polar surface area (TPSA) is 55.1 Å². The first kappa shape index (κ1) is 15.5. The smallest absolute Gasteiger partial charge is 0.224 e. The van der Waals surface area contributed by atoms with Gasteiger partial charge in [-0.2, -0.15) is 11.8 Å². The van der Waals surface area contributed by atoms with Crippen LogP contribution < -0.4 is 11.1 Å². The number of carbonyl (C=O) groups is 1. The van der Waals surface area contributed by atoms with Crippen LogP contribution in [0.5, 0.6) is 0 Å². The lowest BCUT2D eigenvalue weighted by molar-refractivity contribution is -0.116. The second-order valence-corrected chi connectivity index (χ2v) is 6.98. The molecule has 0 radical (unpaired) electrons. The summed E-state index contributed by atoms with van der Waals surface area (Å²) < 4.78 is 0. The van der Waals surface area contributed by atoms with Crippen molar-refractivity contribution < 1.29 is 4.79 Å². The van der Waals surface area contributed by atoms with Crippen LogP contribution in [-0.2, 0) is 4.79 Å². The number of thioether (sulfide) groups is 1. The number of nitrogen functional groups attached to an aromatic ring is 1. The maximum Gasteiger partial charge on any atom is 0.224 e. The number of nitrogens with one attached hydrogen (secondary N) is 1. The molecule has 1 saturated carbocycles. The molecule has 0 aliphatic heterocycles. The fourth-order valence-electron chi connectivity index (χ4n) is 2.38. The molecule has 1 amide bonds. The average molecular weight is 313 g/mol. The highest BCUT2D eigenvalue weighted by Gasteiger charge is 2.15. The second-order valence-electron chi connectivity index (χ2n) is 5.17. The summed E-state index contributed by atoms with van der Waals surface area (Å²) in [7, 11) is 0. The maximum atomic E-state index is 11.8. The molecule has 3 nitrogen and oxygen atoms in total. The molecule has 1 aromatic rings. The van der Waals surface area contributed by atoms with Gasteiger partial charge in [0.2, 0.25) is 5.91 Å². The van der Waals surface area contributed by atoms with Crippen LogP contribution in [-0.4, -0.2) is 16.9 Å². The Labute approximate surface area is 129 Å². The van der Waals surface area contributed by atoms with Gasteiger partial charge in [-0.05, 0) is 43.2 Å². The van der Waals surface area contributed by atoms with Gasteiger partial charge in [-0.15, -0.1) is 0 Å². The van der Waals surface area contributed by atoms with E-state index in [2.05, 4.69) is 5.32 Å². The minimum atomic E-state index is 0.0173. The van der Waals surface area contributed by atoms with E-state index in [9.17, 15) is 4.79 Å². The molecule has 5 heteroatoms. The standard InChI is InChI=1S/C15H21ClN2OS/c16-13-10-11(17)7-8-14(13)18-15(19)6-3-9-20-12-4-1-2-5-12/h7-8,10,12H,1-6,9,17H2,(H,18,19). The number of benzene rings is 1. The van der Waals surface area contributed by atoms with E-state index in [1.807, 2.05) is 11.8 Å². The van der Waals surface area contributed by atoms with Gasteiger partial charge in [0.05, 0.1) is 10.7 Å². The van der Waals surface area contributed by atoms with Crippen molar-refractivity contribution in [2.75, 3.05) is 16.8 Å². The zero-order chi connectivity index (χ0) is 14.4. The highest BCUT2D eigenvalue weighted by atomic mass is 35.5. The summed E-state index contributed by atoms with van der Waals surface area (Å²) in [4.78, 5) is 11.8. The normalized spacial score (nSPS) is 15.4. The van der Waals surface area contributed by atoms with Crippen molar-refractivity contribution in [2.45, 2.75) is 43.8 Å². The summed E-state index contributed by atoms with van der Waals surface area (Å²) in [6, 6.07) is 5.12. The van der Waals surface area contributed by atoms with Crippen LogP contribution in [0.1, 0.15) is 38.5 Å². The molecule has 1 aliphatic carbocycles. The van der Waals surface area contributed by atoms with Crippen LogP contribution in [0, 0.1) is 0 Å². The third-order valence-corrected chi connectivity index (χ3v) is 5.25. The fraction of sp³-hybridized carbons (Fsp3) is 0.533. The number of hydrogen-bond donors (Lipinski definition) is 2. The van der Waals surface area contributed by atoms with E-state index >= 15 is 0 Å². The van der Waals surface area contributed by atoms with Crippen molar-refractivity contribution in [1.82, 2.24) is 0 Å². The molecule has 1 aliphatic rings. The minimum absolute atomic E-state index is 0.0173. The molecular formula is C15H21ClN2OS. The van der Waals surface area contributed by atoms with Gasteiger partial charge in [-0.25, -0.2) is 0 Å². The summed E-state index contributed by atoms with van der Waals surface area (Å²) in [6.07, 6.45) is 6.89. The Hall–Kier alpha value is -0.870. The molecule has 2 rings (SSSR count). The van der Waals surface area contributed by atoms with Gasteiger partial charge in [-0.1, -0.05) is 24.4 Å². The summed E-state index contributed by atoms with van der Waals surface area (Å²) in [5.41, 5.74) is 6.85. The van der Waals surface area contributed by atoms with Crippen LogP contribution in [0.25, 0.3) is 0 Å². The number of hydrogen-bond acceptors (Lipinski definition) is 3. The molecule has 0 aromatic heterocycles. The van der Waals surface area contributed by atoms with Gasteiger partial charge in [0.1, 0.15) is 0 Å². The molecule has 0 saturated heterocycles. The van der Waals surface area contributed by atoms with Gasteiger partial charge in [0.25, 0.3) is 0 Å². The Bertz CT molecular complexity index is 461. The lowest BCUT2D eigenvalue weighted by atomic mass is 10.2. The fourth-order valence-corrected chi connectivity index (χ4v) is 3.93.